The molecule has 2 N–H and O–H groups in total. The highest BCUT2D eigenvalue weighted by Crippen LogP contribution is 2.14. The van der Waals surface area contributed by atoms with Crippen LogP contribution in [-0.2, 0) is 0 Å². The van der Waals surface area contributed by atoms with E-state index in [0.717, 1.165) is 36.8 Å². The van der Waals surface area contributed by atoms with Gasteiger partial charge in [0.1, 0.15) is 0 Å². The number of aliphatic imine (C=N–C) groups is 1. The van der Waals surface area contributed by atoms with E-state index >= 15 is 0 Å². The first-order chi connectivity index (χ1) is 9.92. The van der Waals surface area contributed by atoms with Gasteiger partial charge in [0, 0.05) is 18.8 Å². The van der Waals surface area contributed by atoms with Crippen molar-refractivity contribution in [3.8, 4) is 0 Å². The van der Waals surface area contributed by atoms with Crippen LogP contribution in [0.15, 0.2) is 65.7 Å². The van der Waals surface area contributed by atoms with Crippen LogP contribution < -0.4 is 10.7 Å². The number of nitrogens with zero attached hydrogens (tertiary/aromatic N) is 2. The van der Waals surface area contributed by atoms with E-state index in [-0.39, 0.29) is 0 Å². The summed E-state index contributed by atoms with van der Waals surface area (Å²) in [6.45, 7) is 1.95. The summed E-state index contributed by atoms with van der Waals surface area (Å²) < 4.78 is 0. The van der Waals surface area contributed by atoms with Gasteiger partial charge in [0.2, 0.25) is 5.96 Å². The Balaban J connectivity index is 1.86. The van der Waals surface area contributed by atoms with Crippen molar-refractivity contribution in [2.24, 2.45) is 4.99 Å². The van der Waals surface area contributed by atoms with Gasteiger partial charge in [-0.3, -0.25) is 5.01 Å². The van der Waals surface area contributed by atoms with E-state index in [1.165, 1.54) is 0 Å². The lowest BCUT2D eigenvalue weighted by Gasteiger charge is -2.21. The monoisotopic (exact) mass is 266 g/mol. The van der Waals surface area contributed by atoms with Gasteiger partial charge in [-0.25, -0.2) is 10.4 Å². The largest absolute Gasteiger partial charge is 0.325 e. The van der Waals surface area contributed by atoms with Crippen LogP contribution in [0.4, 0.5) is 11.4 Å². The fourth-order valence-electron chi connectivity index (χ4n) is 2.14. The molecule has 1 aliphatic heterocycles. The molecule has 1 saturated heterocycles. The van der Waals surface area contributed by atoms with E-state index in [0.29, 0.717) is 0 Å². The van der Waals surface area contributed by atoms with E-state index in [1.54, 1.807) is 0 Å². The van der Waals surface area contributed by atoms with Crippen molar-refractivity contribution in [2.45, 2.75) is 6.42 Å². The van der Waals surface area contributed by atoms with E-state index in [2.05, 4.69) is 15.8 Å². The second-order valence-corrected chi connectivity index (χ2v) is 4.68. The van der Waals surface area contributed by atoms with Crippen LogP contribution in [0.3, 0.4) is 0 Å². The predicted molar refractivity (Wildman–Crippen MR) is 82.9 cm³/mol. The Morgan fingerprint density at radius 3 is 2.35 bits per heavy atom. The third-order valence-electron chi connectivity index (χ3n) is 3.14. The van der Waals surface area contributed by atoms with Gasteiger partial charge >= 0.3 is 0 Å². The molecule has 0 aliphatic carbocycles. The van der Waals surface area contributed by atoms with Gasteiger partial charge in [0.05, 0.1) is 5.69 Å². The Kier molecular flexibility index (Phi) is 3.94. The quantitative estimate of drug-likeness (QED) is 0.648. The van der Waals surface area contributed by atoms with Crippen molar-refractivity contribution >= 4 is 17.3 Å². The molecule has 0 radical (unpaired) electrons. The van der Waals surface area contributed by atoms with Gasteiger partial charge in [-0.2, -0.15) is 0 Å². The SMILES string of the molecule is c1ccc(N=C(Nc2ccccc2)N2CCCN2)cc1. The Bertz CT molecular complexity index is 560. The molecule has 20 heavy (non-hydrogen) atoms. The van der Waals surface area contributed by atoms with Crippen LogP contribution >= 0.6 is 0 Å². The first kappa shape index (κ1) is 12.7. The van der Waals surface area contributed by atoms with Crippen molar-refractivity contribution < 1.29 is 0 Å². The Morgan fingerprint density at radius 1 is 1.00 bits per heavy atom. The van der Waals surface area contributed by atoms with Crippen molar-refractivity contribution in [1.82, 2.24) is 10.4 Å². The second kappa shape index (κ2) is 6.21. The summed E-state index contributed by atoms with van der Waals surface area (Å²) in [4.78, 5) is 4.70. The highest BCUT2D eigenvalue weighted by Gasteiger charge is 2.16. The van der Waals surface area contributed by atoms with E-state index in [9.17, 15) is 0 Å². The molecule has 0 aromatic heterocycles. The van der Waals surface area contributed by atoms with E-state index in [4.69, 9.17) is 4.99 Å². The lowest BCUT2D eigenvalue weighted by Crippen LogP contribution is -2.41. The molecule has 2 aromatic carbocycles. The fourth-order valence-corrected chi connectivity index (χ4v) is 2.14. The Morgan fingerprint density at radius 2 is 1.70 bits per heavy atom. The normalized spacial score (nSPS) is 15.4. The maximum Gasteiger partial charge on any atom is 0.218 e. The third kappa shape index (κ3) is 3.16. The number of hydrogen-bond donors (Lipinski definition) is 2. The summed E-state index contributed by atoms with van der Waals surface area (Å²) in [5.41, 5.74) is 5.32. The maximum atomic E-state index is 4.70. The van der Waals surface area contributed by atoms with Crippen LogP contribution in [0.25, 0.3) is 0 Å². The topological polar surface area (TPSA) is 39.7 Å². The standard InChI is InChI=1S/C16H18N4/c1-3-8-14(9-4-1)18-16(20-13-7-12-17-20)19-15-10-5-2-6-11-15/h1-6,8-11,17H,7,12-13H2,(H,18,19). The summed E-state index contributed by atoms with van der Waals surface area (Å²) in [5, 5.41) is 5.45. The minimum absolute atomic E-state index is 0.833. The molecule has 0 bridgehead atoms. The van der Waals surface area contributed by atoms with Crippen molar-refractivity contribution in [3.63, 3.8) is 0 Å². The van der Waals surface area contributed by atoms with E-state index in [1.807, 2.05) is 60.7 Å². The van der Waals surface area contributed by atoms with Crippen molar-refractivity contribution in [3.05, 3.63) is 60.7 Å². The predicted octanol–water partition coefficient (Wildman–Crippen LogP) is 3.00. The smallest absolute Gasteiger partial charge is 0.218 e. The summed E-state index contributed by atoms with van der Waals surface area (Å²) in [6, 6.07) is 20.1. The molecule has 0 saturated carbocycles. The summed E-state index contributed by atoms with van der Waals surface area (Å²) in [5.74, 6) is 0.833. The summed E-state index contributed by atoms with van der Waals surface area (Å²) in [7, 11) is 0. The molecular weight excluding hydrogens is 248 g/mol. The number of hydrazine groups is 1. The number of guanidine groups is 1. The average Bonchev–Trinajstić information content (AvgIpc) is 3.03. The highest BCUT2D eigenvalue weighted by atomic mass is 15.6. The number of anilines is 1. The molecule has 0 amide bonds. The molecule has 1 fully saturated rings. The van der Waals surface area contributed by atoms with Gasteiger partial charge in [-0.15, -0.1) is 0 Å². The molecule has 0 unspecified atom stereocenters. The molecule has 102 valence electrons. The zero-order chi connectivity index (χ0) is 13.6. The van der Waals surface area contributed by atoms with Crippen molar-refractivity contribution in [2.75, 3.05) is 18.4 Å². The molecular formula is C16H18N4. The van der Waals surface area contributed by atoms with Crippen LogP contribution in [0.1, 0.15) is 6.42 Å². The van der Waals surface area contributed by atoms with Crippen LogP contribution in [0.5, 0.6) is 0 Å². The minimum Gasteiger partial charge on any atom is -0.325 e. The highest BCUT2D eigenvalue weighted by molar-refractivity contribution is 5.95. The molecule has 1 aliphatic rings. The Labute approximate surface area is 119 Å². The minimum atomic E-state index is 0.833. The number of hydrogen-bond acceptors (Lipinski definition) is 2. The molecule has 3 rings (SSSR count). The number of rotatable bonds is 2. The lowest BCUT2D eigenvalue weighted by atomic mass is 10.3. The Hall–Kier alpha value is -2.33. The average molecular weight is 266 g/mol. The molecule has 1 heterocycles. The number of para-hydroxylation sites is 2. The van der Waals surface area contributed by atoms with E-state index < -0.39 is 0 Å². The zero-order valence-electron chi connectivity index (χ0n) is 11.3. The summed E-state index contributed by atoms with van der Waals surface area (Å²) in [6.07, 6.45) is 1.13. The van der Waals surface area contributed by atoms with Crippen molar-refractivity contribution in [1.29, 1.82) is 0 Å². The zero-order valence-corrected chi connectivity index (χ0v) is 11.3. The van der Waals surface area contributed by atoms with Crippen LogP contribution in [-0.4, -0.2) is 24.1 Å². The molecule has 0 atom stereocenters. The summed E-state index contributed by atoms with van der Waals surface area (Å²) >= 11 is 0. The van der Waals surface area contributed by atoms with Gasteiger partial charge in [-0.05, 0) is 30.7 Å². The molecule has 4 nitrogen and oxygen atoms in total. The fraction of sp³-hybridized carbons (Fsp3) is 0.188. The third-order valence-corrected chi connectivity index (χ3v) is 3.14. The second-order valence-electron chi connectivity index (χ2n) is 4.68. The van der Waals surface area contributed by atoms with Crippen LogP contribution in [0, 0.1) is 0 Å². The molecule has 4 heteroatoms. The maximum absolute atomic E-state index is 4.70. The lowest BCUT2D eigenvalue weighted by molar-refractivity contribution is 0.403. The molecule has 2 aromatic rings. The number of nitrogens with one attached hydrogen (secondary N) is 2. The number of benzene rings is 2. The molecule has 0 spiro atoms. The van der Waals surface area contributed by atoms with Gasteiger partial charge in [-0.1, -0.05) is 36.4 Å². The van der Waals surface area contributed by atoms with Gasteiger partial charge in [0.25, 0.3) is 0 Å². The van der Waals surface area contributed by atoms with Gasteiger partial charge in [0.15, 0.2) is 0 Å². The first-order valence-corrected chi connectivity index (χ1v) is 6.89. The first-order valence-electron chi connectivity index (χ1n) is 6.89. The van der Waals surface area contributed by atoms with Crippen LogP contribution in [0.2, 0.25) is 0 Å². The van der Waals surface area contributed by atoms with Gasteiger partial charge < -0.3 is 5.32 Å².